The smallest absolute Gasteiger partial charge is 0.242 e. The summed E-state index contributed by atoms with van der Waals surface area (Å²) in [5, 5.41) is 10.4. The standard InChI is InChI=1S/C19H27N5O2.2ClH/c1-20-18(14-11-21-23(2)12-14)19(25)22-15-6-5-9-24(13-15)16-7-4-8-17(10-16)26-3;;/h4,7-8,10-12,15,18,20H,5-6,9,13H2,1-3H3,(H,22,25);2*1H. The van der Waals surface area contributed by atoms with Crippen molar-refractivity contribution in [2.75, 3.05) is 32.1 Å². The zero-order valence-electron chi connectivity index (χ0n) is 16.4. The molecule has 9 heteroatoms. The summed E-state index contributed by atoms with van der Waals surface area (Å²) in [6, 6.07) is 7.79. The van der Waals surface area contributed by atoms with Gasteiger partial charge in [-0.3, -0.25) is 9.48 Å². The Morgan fingerprint density at radius 2 is 2.14 bits per heavy atom. The fourth-order valence-electron chi connectivity index (χ4n) is 3.46. The van der Waals surface area contributed by atoms with Gasteiger partial charge < -0.3 is 20.3 Å². The van der Waals surface area contributed by atoms with Crippen LogP contribution in [-0.4, -0.2) is 49.0 Å². The lowest BCUT2D eigenvalue weighted by Crippen LogP contribution is -2.50. The maximum atomic E-state index is 12.7. The maximum absolute atomic E-state index is 12.7. The number of aromatic nitrogens is 2. The minimum atomic E-state index is -0.393. The predicted molar refractivity (Wildman–Crippen MR) is 116 cm³/mol. The molecule has 0 aliphatic carbocycles. The van der Waals surface area contributed by atoms with Crippen molar-refractivity contribution in [3.05, 3.63) is 42.2 Å². The van der Waals surface area contributed by atoms with Gasteiger partial charge in [-0.1, -0.05) is 6.07 Å². The number of nitrogens with zero attached hydrogens (tertiary/aromatic N) is 3. The molecule has 7 nitrogen and oxygen atoms in total. The molecule has 0 saturated carbocycles. The Morgan fingerprint density at radius 3 is 2.79 bits per heavy atom. The maximum Gasteiger partial charge on any atom is 0.242 e. The molecule has 1 amide bonds. The van der Waals surface area contributed by atoms with Crippen LogP contribution in [-0.2, 0) is 11.8 Å². The molecule has 1 aliphatic rings. The zero-order chi connectivity index (χ0) is 18.5. The van der Waals surface area contributed by atoms with Crippen molar-refractivity contribution in [1.82, 2.24) is 20.4 Å². The number of likely N-dealkylation sites (N-methyl/N-ethyl adjacent to an activating group) is 1. The van der Waals surface area contributed by atoms with Crippen LogP contribution in [0.3, 0.4) is 0 Å². The lowest BCUT2D eigenvalue weighted by atomic mass is 10.0. The number of rotatable bonds is 6. The Morgan fingerprint density at radius 1 is 1.36 bits per heavy atom. The van der Waals surface area contributed by atoms with Crippen LogP contribution in [0.1, 0.15) is 24.4 Å². The van der Waals surface area contributed by atoms with Crippen LogP contribution in [0.25, 0.3) is 0 Å². The van der Waals surface area contributed by atoms with E-state index in [0.717, 1.165) is 42.9 Å². The summed E-state index contributed by atoms with van der Waals surface area (Å²) in [7, 11) is 5.32. The lowest BCUT2D eigenvalue weighted by molar-refractivity contribution is -0.123. The van der Waals surface area contributed by atoms with Crippen molar-refractivity contribution in [3.8, 4) is 5.75 Å². The SMILES string of the molecule is CNC(C(=O)NC1CCCN(c2cccc(OC)c2)C1)c1cnn(C)c1.Cl.Cl. The van der Waals surface area contributed by atoms with E-state index in [-0.39, 0.29) is 36.8 Å². The van der Waals surface area contributed by atoms with Gasteiger partial charge in [0.1, 0.15) is 11.8 Å². The van der Waals surface area contributed by atoms with Crippen molar-refractivity contribution in [2.45, 2.75) is 24.9 Å². The van der Waals surface area contributed by atoms with Crippen LogP contribution >= 0.6 is 24.8 Å². The van der Waals surface area contributed by atoms with Crippen LogP contribution in [0.15, 0.2) is 36.7 Å². The molecular weight excluding hydrogens is 401 g/mol. The number of aryl methyl sites for hydroxylation is 1. The summed E-state index contributed by atoms with van der Waals surface area (Å²) in [5.74, 6) is 0.832. The van der Waals surface area contributed by atoms with Gasteiger partial charge in [0.25, 0.3) is 0 Å². The number of halogens is 2. The normalized spacial score (nSPS) is 17.1. The van der Waals surface area contributed by atoms with Gasteiger partial charge in [-0.25, -0.2) is 0 Å². The number of amides is 1. The Bertz CT molecular complexity index is 755. The molecule has 1 aromatic heterocycles. The third kappa shape index (κ3) is 5.77. The summed E-state index contributed by atoms with van der Waals surface area (Å²) in [4.78, 5) is 15.0. The number of carbonyl (C=O) groups excluding carboxylic acids is 1. The van der Waals surface area contributed by atoms with E-state index < -0.39 is 6.04 Å². The second-order valence-corrected chi connectivity index (χ2v) is 6.66. The molecule has 1 aromatic carbocycles. The van der Waals surface area contributed by atoms with E-state index >= 15 is 0 Å². The van der Waals surface area contributed by atoms with Crippen molar-refractivity contribution in [2.24, 2.45) is 7.05 Å². The van der Waals surface area contributed by atoms with Crippen molar-refractivity contribution >= 4 is 36.4 Å². The Labute approximate surface area is 178 Å². The first kappa shape index (κ1) is 24.1. The van der Waals surface area contributed by atoms with Gasteiger partial charge in [-0.15, -0.1) is 24.8 Å². The molecule has 0 radical (unpaired) electrons. The van der Waals surface area contributed by atoms with E-state index in [2.05, 4.69) is 26.7 Å². The fraction of sp³-hybridized carbons (Fsp3) is 0.474. The first-order valence-electron chi connectivity index (χ1n) is 8.96. The number of anilines is 1. The van der Waals surface area contributed by atoms with Gasteiger partial charge >= 0.3 is 0 Å². The third-order valence-corrected chi connectivity index (χ3v) is 4.80. The Balaban J connectivity index is 0.00000196. The number of benzene rings is 1. The van der Waals surface area contributed by atoms with Crippen molar-refractivity contribution in [3.63, 3.8) is 0 Å². The Kier molecular flexibility index (Phi) is 9.58. The highest BCUT2D eigenvalue weighted by Crippen LogP contribution is 2.24. The van der Waals surface area contributed by atoms with Crippen LogP contribution in [0.2, 0.25) is 0 Å². The minimum absolute atomic E-state index is 0. The molecule has 2 unspecified atom stereocenters. The molecule has 1 saturated heterocycles. The molecule has 2 atom stereocenters. The number of ether oxygens (including phenoxy) is 1. The summed E-state index contributed by atoms with van der Waals surface area (Å²) in [6.45, 7) is 1.78. The number of piperidine rings is 1. The minimum Gasteiger partial charge on any atom is -0.497 e. The van der Waals surface area contributed by atoms with Gasteiger partial charge in [0.15, 0.2) is 0 Å². The van der Waals surface area contributed by atoms with Crippen LogP contribution in [0.5, 0.6) is 5.75 Å². The molecule has 2 heterocycles. The van der Waals surface area contributed by atoms with E-state index in [1.54, 1.807) is 25.0 Å². The molecule has 3 rings (SSSR count). The second kappa shape index (κ2) is 11.1. The topological polar surface area (TPSA) is 71.4 Å². The van der Waals surface area contributed by atoms with Gasteiger partial charge in [0.05, 0.1) is 13.3 Å². The highest BCUT2D eigenvalue weighted by atomic mass is 35.5. The summed E-state index contributed by atoms with van der Waals surface area (Å²) >= 11 is 0. The number of hydrogen-bond acceptors (Lipinski definition) is 5. The van der Waals surface area contributed by atoms with E-state index in [9.17, 15) is 4.79 Å². The van der Waals surface area contributed by atoms with E-state index in [1.807, 2.05) is 31.4 Å². The summed E-state index contributed by atoms with van der Waals surface area (Å²) in [5.41, 5.74) is 1.99. The van der Waals surface area contributed by atoms with Gasteiger partial charge in [0.2, 0.25) is 5.91 Å². The largest absolute Gasteiger partial charge is 0.497 e. The van der Waals surface area contributed by atoms with Crippen LogP contribution in [0, 0.1) is 0 Å². The number of nitrogens with one attached hydrogen (secondary N) is 2. The fourth-order valence-corrected chi connectivity index (χ4v) is 3.46. The van der Waals surface area contributed by atoms with Crippen LogP contribution < -0.4 is 20.3 Å². The van der Waals surface area contributed by atoms with Gasteiger partial charge in [-0.2, -0.15) is 5.10 Å². The summed E-state index contributed by atoms with van der Waals surface area (Å²) in [6.07, 6.45) is 5.61. The predicted octanol–water partition coefficient (Wildman–Crippen LogP) is 2.32. The first-order valence-corrected chi connectivity index (χ1v) is 8.96. The zero-order valence-corrected chi connectivity index (χ0v) is 18.1. The Hall–Kier alpha value is -1.96. The number of hydrogen-bond donors (Lipinski definition) is 2. The van der Waals surface area contributed by atoms with Gasteiger partial charge in [-0.05, 0) is 32.0 Å². The average molecular weight is 430 g/mol. The average Bonchev–Trinajstić information content (AvgIpc) is 3.08. The van der Waals surface area contributed by atoms with Gasteiger partial charge in [0, 0.05) is 49.7 Å². The third-order valence-electron chi connectivity index (χ3n) is 4.80. The van der Waals surface area contributed by atoms with E-state index in [1.165, 1.54) is 0 Å². The quantitative estimate of drug-likeness (QED) is 0.736. The molecule has 28 heavy (non-hydrogen) atoms. The summed E-state index contributed by atoms with van der Waals surface area (Å²) < 4.78 is 7.03. The second-order valence-electron chi connectivity index (χ2n) is 6.66. The number of carbonyl (C=O) groups is 1. The lowest BCUT2D eigenvalue weighted by Gasteiger charge is -2.35. The van der Waals surface area contributed by atoms with E-state index in [4.69, 9.17) is 4.74 Å². The molecule has 1 fully saturated rings. The van der Waals surface area contributed by atoms with E-state index in [0.29, 0.717) is 0 Å². The molecule has 2 N–H and O–H groups in total. The number of methoxy groups -OCH3 is 1. The molecule has 156 valence electrons. The molecule has 1 aliphatic heterocycles. The molecular formula is C19H29Cl2N5O2. The van der Waals surface area contributed by atoms with Crippen molar-refractivity contribution < 1.29 is 9.53 Å². The molecule has 2 aromatic rings. The highest BCUT2D eigenvalue weighted by molar-refractivity contribution is 5.85. The monoisotopic (exact) mass is 429 g/mol. The molecule has 0 bridgehead atoms. The molecule has 0 spiro atoms. The van der Waals surface area contributed by atoms with Crippen LogP contribution in [0.4, 0.5) is 5.69 Å². The first-order chi connectivity index (χ1) is 12.6. The highest BCUT2D eigenvalue weighted by Gasteiger charge is 2.26. The van der Waals surface area contributed by atoms with Crippen molar-refractivity contribution in [1.29, 1.82) is 0 Å².